The first-order valence-corrected chi connectivity index (χ1v) is 9.29. The van der Waals surface area contributed by atoms with Crippen molar-refractivity contribution in [2.75, 3.05) is 18.1 Å². The van der Waals surface area contributed by atoms with Crippen LogP contribution in [0.2, 0.25) is 0 Å². The van der Waals surface area contributed by atoms with E-state index in [0.29, 0.717) is 18.0 Å². The smallest absolute Gasteiger partial charge is 0.305 e. The van der Waals surface area contributed by atoms with E-state index in [1.54, 1.807) is 40.3 Å². The van der Waals surface area contributed by atoms with Crippen LogP contribution in [0.5, 0.6) is 0 Å². The van der Waals surface area contributed by atoms with Crippen molar-refractivity contribution in [1.29, 1.82) is 0 Å². The molecule has 0 aliphatic carbocycles. The van der Waals surface area contributed by atoms with Gasteiger partial charge >= 0.3 is 5.97 Å². The van der Waals surface area contributed by atoms with Crippen molar-refractivity contribution in [2.24, 2.45) is 0 Å². The van der Waals surface area contributed by atoms with Gasteiger partial charge in [-0.3, -0.25) is 9.59 Å². The van der Waals surface area contributed by atoms with E-state index in [1.165, 1.54) is 0 Å². The Labute approximate surface area is 141 Å². The number of aryl methyl sites for hydroxylation is 1. The lowest BCUT2D eigenvalue weighted by Gasteiger charge is -2.34. The summed E-state index contributed by atoms with van der Waals surface area (Å²) in [6, 6.07) is 1.53. The summed E-state index contributed by atoms with van der Waals surface area (Å²) in [5.41, 5.74) is 2.20. The van der Waals surface area contributed by atoms with Crippen molar-refractivity contribution in [3.63, 3.8) is 0 Å². The maximum Gasteiger partial charge on any atom is 0.305 e. The molecule has 1 aliphatic rings. The first kappa shape index (κ1) is 16.1. The minimum absolute atomic E-state index is 0.0163. The third-order valence-electron chi connectivity index (χ3n) is 3.73. The number of thioether (sulfide) groups is 1. The fourth-order valence-corrected chi connectivity index (χ4v) is 4.29. The minimum atomic E-state index is -0.875. The second-order valence-electron chi connectivity index (χ2n) is 5.38. The molecule has 1 saturated heterocycles. The van der Waals surface area contributed by atoms with Gasteiger partial charge in [-0.05, 0) is 13.0 Å². The summed E-state index contributed by atoms with van der Waals surface area (Å²) in [5.74, 6) is 0.479. The molecule has 0 saturated carbocycles. The average molecular weight is 351 g/mol. The summed E-state index contributed by atoms with van der Waals surface area (Å²) in [6.45, 7) is 2.51. The Morgan fingerprint density at radius 2 is 2.35 bits per heavy atom. The number of hydrogen-bond acceptors (Lipinski definition) is 5. The first-order valence-electron chi connectivity index (χ1n) is 7.26. The number of thiazole rings is 1. The van der Waals surface area contributed by atoms with E-state index in [9.17, 15) is 9.59 Å². The lowest BCUT2D eigenvalue weighted by Crippen LogP contribution is -2.47. The molecule has 8 heteroatoms. The number of nitrogens with zero attached hydrogens (tertiary/aromatic N) is 2. The molecule has 122 valence electrons. The van der Waals surface area contributed by atoms with Crippen LogP contribution in [0.25, 0.3) is 11.3 Å². The van der Waals surface area contributed by atoms with Crippen LogP contribution in [-0.2, 0) is 4.79 Å². The van der Waals surface area contributed by atoms with Gasteiger partial charge in [-0.1, -0.05) is 0 Å². The van der Waals surface area contributed by atoms with Crippen LogP contribution in [0.4, 0.5) is 0 Å². The second-order valence-corrected chi connectivity index (χ2v) is 7.59. The molecule has 2 N–H and O–H groups in total. The number of carbonyl (C=O) groups is 2. The zero-order chi connectivity index (χ0) is 16.4. The third-order valence-corrected chi connectivity index (χ3v) is 5.59. The van der Waals surface area contributed by atoms with E-state index >= 15 is 0 Å². The van der Waals surface area contributed by atoms with Gasteiger partial charge in [0, 0.05) is 35.2 Å². The molecule has 0 radical (unpaired) electrons. The van der Waals surface area contributed by atoms with E-state index in [-0.39, 0.29) is 18.4 Å². The Bertz CT molecular complexity index is 725. The molecule has 2 aromatic rings. The van der Waals surface area contributed by atoms with Crippen molar-refractivity contribution in [3.05, 3.63) is 28.3 Å². The largest absolute Gasteiger partial charge is 0.481 e. The number of H-pyrrole nitrogens is 1. The summed E-state index contributed by atoms with van der Waals surface area (Å²) in [4.78, 5) is 32.8. The molecule has 0 bridgehead atoms. The van der Waals surface area contributed by atoms with Gasteiger partial charge in [0.2, 0.25) is 0 Å². The molecule has 2 aromatic heterocycles. The van der Waals surface area contributed by atoms with E-state index in [4.69, 9.17) is 5.11 Å². The highest BCUT2D eigenvalue weighted by molar-refractivity contribution is 7.99. The lowest BCUT2D eigenvalue weighted by molar-refractivity contribution is -0.138. The highest BCUT2D eigenvalue weighted by atomic mass is 32.2. The standard InChI is InChI=1S/C15H17N3O3S2/c1-9-17-13(8-23-9)10-4-12(16-6-10)15(21)18-2-3-22-7-11(18)5-14(19)20/h4,6,8,11,16H,2-3,5,7H2,1H3,(H,19,20). The van der Waals surface area contributed by atoms with E-state index < -0.39 is 5.97 Å². The van der Waals surface area contributed by atoms with Gasteiger partial charge in [-0.15, -0.1) is 11.3 Å². The summed E-state index contributed by atoms with van der Waals surface area (Å²) >= 11 is 3.25. The number of aromatic nitrogens is 2. The number of rotatable bonds is 4. The second kappa shape index (κ2) is 6.76. The highest BCUT2D eigenvalue weighted by Crippen LogP contribution is 2.25. The van der Waals surface area contributed by atoms with E-state index in [1.807, 2.05) is 12.3 Å². The van der Waals surface area contributed by atoms with Crippen LogP contribution < -0.4 is 0 Å². The number of carboxylic acid groups (broad SMARTS) is 1. The monoisotopic (exact) mass is 351 g/mol. The highest BCUT2D eigenvalue weighted by Gasteiger charge is 2.30. The Balaban J connectivity index is 1.79. The van der Waals surface area contributed by atoms with Crippen LogP contribution in [0, 0.1) is 6.92 Å². The Morgan fingerprint density at radius 1 is 1.52 bits per heavy atom. The van der Waals surface area contributed by atoms with Gasteiger partial charge in [-0.2, -0.15) is 11.8 Å². The van der Waals surface area contributed by atoms with Crippen LogP contribution in [0.3, 0.4) is 0 Å². The quantitative estimate of drug-likeness (QED) is 0.884. The molecule has 0 spiro atoms. The molecule has 23 heavy (non-hydrogen) atoms. The average Bonchev–Trinajstić information content (AvgIpc) is 3.15. The molecule has 1 atom stereocenters. The first-order chi connectivity index (χ1) is 11.0. The van der Waals surface area contributed by atoms with Crippen LogP contribution in [0.15, 0.2) is 17.6 Å². The van der Waals surface area contributed by atoms with Gasteiger partial charge in [-0.25, -0.2) is 4.98 Å². The number of aromatic amines is 1. The molecule has 1 fully saturated rings. The number of hydrogen-bond donors (Lipinski definition) is 2. The summed E-state index contributed by atoms with van der Waals surface area (Å²) in [7, 11) is 0. The lowest BCUT2D eigenvalue weighted by atomic mass is 10.1. The van der Waals surface area contributed by atoms with Crippen LogP contribution >= 0.6 is 23.1 Å². The van der Waals surface area contributed by atoms with Crippen molar-refractivity contribution in [2.45, 2.75) is 19.4 Å². The number of amides is 1. The zero-order valence-electron chi connectivity index (χ0n) is 12.6. The number of carbonyl (C=O) groups excluding carboxylic acids is 1. The molecule has 0 aromatic carbocycles. The maximum absolute atomic E-state index is 12.7. The van der Waals surface area contributed by atoms with Gasteiger partial charge < -0.3 is 15.0 Å². The molecule has 1 unspecified atom stereocenters. The van der Waals surface area contributed by atoms with E-state index in [0.717, 1.165) is 22.0 Å². The predicted octanol–water partition coefficient (Wildman–Crippen LogP) is 2.48. The van der Waals surface area contributed by atoms with Crippen molar-refractivity contribution >= 4 is 35.0 Å². The normalized spacial score (nSPS) is 18.1. The van der Waals surface area contributed by atoms with Gasteiger partial charge in [0.25, 0.3) is 5.91 Å². The predicted molar refractivity (Wildman–Crippen MR) is 91.0 cm³/mol. The van der Waals surface area contributed by atoms with Crippen molar-refractivity contribution in [3.8, 4) is 11.3 Å². The molecule has 1 aliphatic heterocycles. The van der Waals surface area contributed by atoms with Gasteiger partial charge in [0.05, 0.1) is 23.2 Å². The number of nitrogens with one attached hydrogen (secondary N) is 1. The van der Waals surface area contributed by atoms with Gasteiger partial charge in [0.1, 0.15) is 5.69 Å². The van der Waals surface area contributed by atoms with Gasteiger partial charge in [0.15, 0.2) is 0 Å². The fourth-order valence-electron chi connectivity index (χ4n) is 2.61. The van der Waals surface area contributed by atoms with Crippen LogP contribution in [-0.4, -0.2) is 55.9 Å². The van der Waals surface area contributed by atoms with Crippen molar-refractivity contribution < 1.29 is 14.7 Å². The molecular formula is C15H17N3O3S2. The minimum Gasteiger partial charge on any atom is -0.481 e. The molecule has 3 heterocycles. The maximum atomic E-state index is 12.7. The third kappa shape index (κ3) is 3.59. The Kier molecular flexibility index (Phi) is 4.72. The number of aliphatic carboxylic acids is 1. The summed E-state index contributed by atoms with van der Waals surface area (Å²) in [6.07, 6.45) is 1.75. The SMILES string of the molecule is Cc1nc(-c2c[nH]c(C(=O)N3CCSCC3CC(=O)O)c2)cs1. The van der Waals surface area contributed by atoms with Crippen LogP contribution in [0.1, 0.15) is 21.9 Å². The molecule has 3 rings (SSSR count). The topological polar surface area (TPSA) is 86.3 Å². The summed E-state index contributed by atoms with van der Waals surface area (Å²) in [5, 5.41) is 12.0. The molecule has 6 nitrogen and oxygen atoms in total. The Hall–Kier alpha value is -1.80. The molecule has 1 amide bonds. The molecular weight excluding hydrogens is 334 g/mol. The van der Waals surface area contributed by atoms with Crippen molar-refractivity contribution in [1.82, 2.24) is 14.9 Å². The Morgan fingerprint density at radius 3 is 3.04 bits per heavy atom. The number of carboxylic acids is 1. The van der Waals surface area contributed by atoms with E-state index in [2.05, 4.69) is 9.97 Å². The summed E-state index contributed by atoms with van der Waals surface area (Å²) < 4.78 is 0. The zero-order valence-corrected chi connectivity index (χ0v) is 14.2. The fraction of sp³-hybridized carbons (Fsp3) is 0.400.